The third-order valence-corrected chi connectivity index (χ3v) is 4.41. The molecule has 0 aliphatic heterocycles. The highest BCUT2D eigenvalue weighted by molar-refractivity contribution is 7.89. The van der Waals surface area contributed by atoms with Crippen molar-refractivity contribution in [2.24, 2.45) is 5.92 Å². The molecule has 0 saturated carbocycles. The largest absolute Gasteiger partial charge is 0.393 e. The average Bonchev–Trinajstić information content (AvgIpc) is 2.32. The SMILES string of the molecule is Cc1ccc(S(=O)(=O)NCCC(O)C(C)C)cc1F. The minimum Gasteiger partial charge on any atom is -0.393 e. The van der Waals surface area contributed by atoms with Crippen LogP contribution in [0, 0.1) is 18.7 Å². The molecule has 108 valence electrons. The number of rotatable bonds is 6. The molecule has 0 bridgehead atoms. The van der Waals surface area contributed by atoms with Crippen LogP contribution < -0.4 is 4.72 Å². The van der Waals surface area contributed by atoms with E-state index in [4.69, 9.17) is 0 Å². The van der Waals surface area contributed by atoms with E-state index in [0.717, 1.165) is 6.07 Å². The van der Waals surface area contributed by atoms with Crippen LogP contribution in [0.1, 0.15) is 25.8 Å². The van der Waals surface area contributed by atoms with E-state index in [9.17, 15) is 17.9 Å². The highest BCUT2D eigenvalue weighted by atomic mass is 32.2. The van der Waals surface area contributed by atoms with E-state index in [-0.39, 0.29) is 17.4 Å². The Balaban J connectivity index is 2.68. The van der Waals surface area contributed by atoms with Gasteiger partial charge < -0.3 is 5.11 Å². The summed E-state index contributed by atoms with van der Waals surface area (Å²) in [5, 5.41) is 9.58. The molecule has 1 aromatic rings. The molecule has 0 aromatic heterocycles. The Labute approximate surface area is 113 Å². The van der Waals surface area contributed by atoms with Crippen molar-refractivity contribution in [3.05, 3.63) is 29.6 Å². The number of aryl methyl sites for hydroxylation is 1. The van der Waals surface area contributed by atoms with Gasteiger partial charge >= 0.3 is 0 Å². The first-order chi connectivity index (χ1) is 8.74. The van der Waals surface area contributed by atoms with Crippen molar-refractivity contribution in [1.82, 2.24) is 4.72 Å². The van der Waals surface area contributed by atoms with Crippen molar-refractivity contribution < 1.29 is 17.9 Å². The van der Waals surface area contributed by atoms with Crippen LogP contribution in [0.3, 0.4) is 0 Å². The third kappa shape index (κ3) is 4.56. The van der Waals surface area contributed by atoms with Gasteiger partial charge in [-0.1, -0.05) is 19.9 Å². The molecule has 2 N–H and O–H groups in total. The fraction of sp³-hybridized carbons (Fsp3) is 0.538. The fourth-order valence-electron chi connectivity index (χ4n) is 1.50. The van der Waals surface area contributed by atoms with Crippen LogP contribution in [-0.2, 0) is 10.0 Å². The van der Waals surface area contributed by atoms with Crippen molar-refractivity contribution >= 4 is 10.0 Å². The first-order valence-corrected chi connectivity index (χ1v) is 7.66. The van der Waals surface area contributed by atoms with E-state index in [1.165, 1.54) is 12.1 Å². The maximum atomic E-state index is 13.3. The van der Waals surface area contributed by atoms with Gasteiger partial charge in [0.25, 0.3) is 0 Å². The zero-order valence-corrected chi connectivity index (χ0v) is 12.2. The number of hydrogen-bond acceptors (Lipinski definition) is 3. The number of halogens is 1. The summed E-state index contributed by atoms with van der Waals surface area (Å²) in [7, 11) is -3.72. The second-order valence-electron chi connectivity index (χ2n) is 4.91. The molecule has 1 rings (SSSR count). The predicted octanol–water partition coefficient (Wildman–Crippen LogP) is 1.82. The first-order valence-electron chi connectivity index (χ1n) is 6.18. The van der Waals surface area contributed by atoms with Gasteiger partial charge in [0, 0.05) is 6.54 Å². The van der Waals surface area contributed by atoms with E-state index in [0.29, 0.717) is 12.0 Å². The molecule has 1 atom stereocenters. The van der Waals surface area contributed by atoms with Crippen LogP contribution in [0.15, 0.2) is 23.1 Å². The molecule has 0 fully saturated rings. The van der Waals surface area contributed by atoms with Gasteiger partial charge in [-0.2, -0.15) is 0 Å². The quantitative estimate of drug-likeness (QED) is 0.839. The minimum absolute atomic E-state index is 0.0707. The van der Waals surface area contributed by atoms with Crippen molar-refractivity contribution in [2.45, 2.75) is 38.2 Å². The smallest absolute Gasteiger partial charge is 0.240 e. The second kappa shape index (κ2) is 6.45. The van der Waals surface area contributed by atoms with E-state index in [1.54, 1.807) is 6.92 Å². The van der Waals surface area contributed by atoms with Crippen molar-refractivity contribution in [2.75, 3.05) is 6.54 Å². The van der Waals surface area contributed by atoms with Crippen LogP contribution in [0.5, 0.6) is 0 Å². The normalized spacial score (nSPS) is 13.8. The average molecular weight is 289 g/mol. The predicted molar refractivity (Wildman–Crippen MR) is 71.8 cm³/mol. The summed E-state index contributed by atoms with van der Waals surface area (Å²) in [4.78, 5) is -0.102. The standard InChI is InChI=1S/C13H20FNO3S/c1-9(2)13(16)6-7-15-19(17,18)11-5-4-10(3)12(14)8-11/h4-5,8-9,13,15-16H,6-7H2,1-3H3. The molecule has 1 aromatic carbocycles. The Hall–Kier alpha value is -0.980. The molecule has 6 heteroatoms. The molecule has 0 spiro atoms. The summed E-state index contributed by atoms with van der Waals surface area (Å²) in [5.41, 5.74) is 0.397. The summed E-state index contributed by atoms with van der Waals surface area (Å²) in [6.45, 7) is 5.40. The summed E-state index contributed by atoms with van der Waals surface area (Å²) in [6.07, 6.45) is -0.233. The van der Waals surface area contributed by atoms with Crippen molar-refractivity contribution in [3.63, 3.8) is 0 Å². The van der Waals surface area contributed by atoms with Gasteiger partial charge in [0.15, 0.2) is 0 Å². The summed E-state index contributed by atoms with van der Waals surface area (Å²) in [5.74, 6) is -0.480. The van der Waals surface area contributed by atoms with E-state index >= 15 is 0 Å². The Morgan fingerprint density at radius 3 is 2.53 bits per heavy atom. The zero-order valence-electron chi connectivity index (χ0n) is 11.4. The van der Waals surface area contributed by atoms with E-state index in [1.807, 2.05) is 13.8 Å². The second-order valence-corrected chi connectivity index (χ2v) is 6.68. The van der Waals surface area contributed by atoms with Gasteiger partial charge in [0.2, 0.25) is 10.0 Å². The molecule has 19 heavy (non-hydrogen) atoms. The molecule has 4 nitrogen and oxygen atoms in total. The maximum absolute atomic E-state index is 13.3. The fourth-order valence-corrected chi connectivity index (χ4v) is 2.56. The molecular weight excluding hydrogens is 269 g/mol. The highest BCUT2D eigenvalue weighted by Gasteiger charge is 2.16. The Bertz CT molecular complexity index is 529. The number of benzene rings is 1. The molecule has 0 aliphatic carbocycles. The lowest BCUT2D eigenvalue weighted by Gasteiger charge is -2.14. The van der Waals surface area contributed by atoms with E-state index < -0.39 is 21.9 Å². The van der Waals surface area contributed by atoms with Crippen LogP contribution >= 0.6 is 0 Å². The molecule has 0 radical (unpaired) electrons. The Morgan fingerprint density at radius 1 is 1.37 bits per heavy atom. The number of nitrogens with one attached hydrogen (secondary N) is 1. The van der Waals surface area contributed by atoms with Crippen LogP contribution in [0.25, 0.3) is 0 Å². The summed E-state index contributed by atoms with van der Waals surface area (Å²) in [6, 6.07) is 3.78. The molecule has 1 unspecified atom stereocenters. The molecule has 0 heterocycles. The third-order valence-electron chi connectivity index (χ3n) is 2.96. The molecule has 0 saturated heterocycles. The van der Waals surface area contributed by atoms with Crippen LogP contribution in [0.4, 0.5) is 4.39 Å². The molecule has 0 aliphatic rings. The van der Waals surface area contributed by atoms with Gasteiger partial charge in [-0.3, -0.25) is 0 Å². The number of sulfonamides is 1. The first kappa shape index (κ1) is 16.1. The van der Waals surface area contributed by atoms with Gasteiger partial charge in [0.1, 0.15) is 5.82 Å². The minimum atomic E-state index is -3.72. The van der Waals surface area contributed by atoms with Gasteiger partial charge in [-0.05, 0) is 37.0 Å². The van der Waals surface area contributed by atoms with Gasteiger partial charge in [-0.15, -0.1) is 0 Å². The monoisotopic (exact) mass is 289 g/mol. The van der Waals surface area contributed by atoms with Crippen molar-refractivity contribution in [1.29, 1.82) is 0 Å². The van der Waals surface area contributed by atoms with Gasteiger partial charge in [0.05, 0.1) is 11.0 Å². The zero-order chi connectivity index (χ0) is 14.6. The maximum Gasteiger partial charge on any atom is 0.240 e. The van der Waals surface area contributed by atoms with Gasteiger partial charge in [-0.25, -0.2) is 17.5 Å². The van der Waals surface area contributed by atoms with E-state index in [2.05, 4.69) is 4.72 Å². The highest BCUT2D eigenvalue weighted by Crippen LogP contribution is 2.14. The van der Waals surface area contributed by atoms with Crippen LogP contribution in [-0.4, -0.2) is 26.2 Å². The lowest BCUT2D eigenvalue weighted by atomic mass is 10.1. The topological polar surface area (TPSA) is 66.4 Å². The lowest BCUT2D eigenvalue weighted by molar-refractivity contribution is 0.118. The Morgan fingerprint density at radius 2 is 2.00 bits per heavy atom. The molecular formula is C13H20FNO3S. The Kier molecular flexibility index (Phi) is 5.46. The van der Waals surface area contributed by atoms with Crippen LogP contribution in [0.2, 0.25) is 0 Å². The summed E-state index contributed by atoms with van der Waals surface area (Å²) < 4.78 is 39.5. The van der Waals surface area contributed by atoms with Crippen molar-refractivity contribution in [3.8, 4) is 0 Å². The number of hydrogen-bond donors (Lipinski definition) is 2. The lowest BCUT2D eigenvalue weighted by Crippen LogP contribution is -2.29. The summed E-state index contributed by atoms with van der Waals surface area (Å²) >= 11 is 0. The number of aliphatic hydroxyl groups is 1. The number of aliphatic hydroxyl groups excluding tert-OH is 1. The molecule has 0 amide bonds.